The molecule has 0 saturated heterocycles. The second-order valence-corrected chi connectivity index (χ2v) is 4.88. The second kappa shape index (κ2) is 4.50. The highest BCUT2D eigenvalue weighted by atomic mass is 16.3. The summed E-state index contributed by atoms with van der Waals surface area (Å²) in [6.45, 7) is 8.94. The van der Waals surface area contributed by atoms with Crippen LogP contribution in [0.2, 0.25) is 0 Å². The van der Waals surface area contributed by atoms with Crippen molar-refractivity contribution in [2.45, 2.75) is 34.3 Å². The van der Waals surface area contributed by atoms with E-state index in [-0.39, 0.29) is 6.61 Å². The van der Waals surface area contributed by atoms with Crippen molar-refractivity contribution < 1.29 is 5.11 Å². The lowest BCUT2D eigenvalue weighted by Crippen LogP contribution is -2.00. The lowest BCUT2D eigenvalue weighted by atomic mass is 9.89. The average molecular weight is 228 g/mol. The Hall–Kier alpha value is -1.34. The van der Waals surface area contributed by atoms with Gasteiger partial charge in [-0.15, -0.1) is 0 Å². The minimum atomic E-state index is 0.109. The molecule has 0 amide bonds. The molecule has 2 rings (SSSR count). The fourth-order valence-electron chi connectivity index (χ4n) is 2.72. The Morgan fingerprint density at radius 1 is 1.06 bits per heavy atom. The SMILES string of the molecule is CC1=C(C)C(C)C(c2ccccc2CO)=C1C. The molecule has 1 nitrogen and oxygen atoms in total. The largest absolute Gasteiger partial charge is 0.392 e. The van der Waals surface area contributed by atoms with Gasteiger partial charge >= 0.3 is 0 Å². The predicted molar refractivity (Wildman–Crippen MR) is 72.5 cm³/mol. The normalized spacial score (nSPS) is 20.4. The van der Waals surface area contributed by atoms with Crippen LogP contribution in [0.1, 0.15) is 38.8 Å². The van der Waals surface area contributed by atoms with Gasteiger partial charge in [-0.05, 0) is 48.6 Å². The quantitative estimate of drug-likeness (QED) is 0.813. The first-order valence-electron chi connectivity index (χ1n) is 6.15. The van der Waals surface area contributed by atoms with Crippen molar-refractivity contribution in [1.82, 2.24) is 0 Å². The number of benzene rings is 1. The Kier molecular flexibility index (Phi) is 3.21. The number of aliphatic hydroxyl groups is 1. The van der Waals surface area contributed by atoms with Crippen molar-refractivity contribution in [2.75, 3.05) is 0 Å². The lowest BCUT2D eigenvalue weighted by molar-refractivity contribution is 0.281. The van der Waals surface area contributed by atoms with Crippen LogP contribution in [0.3, 0.4) is 0 Å². The fraction of sp³-hybridized carbons (Fsp3) is 0.375. The Morgan fingerprint density at radius 3 is 2.24 bits per heavy atom. The van der Waals surface area contributed by atoms with Gasteiger partial charge in [-0.3, -0.25) is 0 Å². The molecule has 0 aromatic heterocycles. The molecule has 0 spiro atoms. The first-order valence-corrected chi connectivity index (χ1v) is 6.15. The van der Waals surface area contributed by atoms with Gasteiger partial charge in [0.1, 0.15) is 0 Å². The number of hydrogen-bond donors (Lipinski definition) is 1. The van der Waals surface area contributed by atoms with Gasteiger partial charge in [-0.2, -0.15) is 0 Å². The summed E-state index contributed by atoms with van der Waals surface area (Å²) in [5.41, 5.74) is 7.83. The molecular formula is C16H20O. The van der Waals surface area contributed by atoms with Crippen LogP contribution in [0.5, 0.6) is 0 Å². The Balaban J connectivity index is 2.57. The van der Waals surface area contributed by atoms with Gasteiger partial charge in [0.25, 0.3) is 0 Å². The van der Waals surface area contributed by atoms with Crippen LogP contribution >= 0.6 is 0 Å². The molecule has 90 valence electrons. The molecule has 1 N–H and O–H groups in total. The molecule has 0 radical (unpaired) electrons. The molecule has 1 aromatic rings. The summed E-state index contributed by atoms with van der Waals surface area (Å²) in [6, 6.07) is 8.15. The minimum absolute atomic E-state index is 0.109. The molecule has 1 unspecified atom stereocenters. The summed E-state index contributed by atoms with van der Waals surface area (Å²) in [5, 5.41) is 9.45. The van der Waals surface area contributed by atoms with E-state index in [1.54, 1.807) is 0 Å². The maximum absolute atomic E-state index is 9.45. The standard InChI is InChI=1S/C16H20O/c1-10-11(2)13(4)16(12(10)3)15-8-6-5-7-14(15)9-17/h5-8,12,17H,9H2,1-4H3. The van der Waals surface area contributed by atoms with E-state index in [2.05, 4.69) is 33.8 Å². The van der Waals surface area contributed by atoms with E-state index in [9.17, 15) is 5.11 Å². The maximum Gasteiger partial charge on any atom is 0.0687 e. The third kappa shape index (κ3) is 1.85. The predicted octanol–water partition coefficient (Wildman–Crippen LogP) is 3.94. The van der Waals surface area contributed by atoms with Crippen molar-refractivity contribution >= 4 is 5.57 Å². The number of allylic oxidation sites excluding steroid dienone is 4. The number of aliphatic hydroxyl groups excluding tert-OH is 1. The first-order chi connectivity index (χ1) is 8.07. The van der Waals surface area contributed by atoms with E-state index in [1.807, 2.05) is 18.2 Å². The van der Waals surface area contributed by atoms with Gasteiger partial charge in [0.05, 0.1) is 6.61 Å². The molecule has 17 heavy (non-hydrogen) atoms. The summed E-state index contributed by atoms with van der Waals surface area (Å²) in [6.07, 6.45) is 0. The third-order valence-electron chi connectivity index (χ3n) is 4.12. The van der Waals surface area contributed by atoms with Gasteiger partial charge < -0.3 is 5.11 Å². The van der Waals surface area contributed by atoms with Gasteiger partial charge in [-0.25, -0.2) is 0 Å². The highest BCUT2D eigenvalue weighted by Gasteiger charge is 2.25. The molecule has 0 aliphatic heterocycles. The van der Waals surface area contributed by atoms with E-state index >= 15 is 0 Å². The monoisotopic (exact) mass is 228 g/mol. The first kappa shape index (κ1) is 12.1. The molecule has 1 aliphatic carbocycles. The lowest BCUT2D eigenvalue weighted by Gasteiger charge is -2.16. The summed E-state index contributed by atoms with van der Waals surface area (Å²) >= 11 is 0. The fourth-order valence-corrected chi connectivity index (χ4v) is 2.72. The van der Waals surface area contributed by atoms with Crippen LogP contribution < -0.4 is 0 Å². The van der Waals surface area contributed by atoms with Crippen LogP contribution in [-0.2, 0) is 6.61 Å². The summed E-state index contributed by atoms with van der Waals surface area (Å²) in [7, 11) is 0. The van der Waals surface area contributed by atoms with Gasteiger partial charge in [0.2, 0.25) is 0 Å². The summed E-state index contributed by atoms with van der Waals surface area (Å²) < 4.78 is 0. The molecule has 1 atom stereocenters. The van der Waals surface area contributed by atoms with Gasteiger partial charge in [-0.1, -0.05) is 36.8 Å². The average Bonchev–Trinajstić information content (AvgIpc) is 2.54. The van der Waals surface area contributed by atoms with E-state index in [4.69, 9.17) is 0 Å². The highest BCUT2D eigenvalue weighted by molar-refractivity contribution is 5.81. The molecule has 1 aromatic carbocycles. The maximum atomic E-state index is 9.45. The van der Waals surface area contributed by atoms with E-state index in [0.717, 1.165) is 5.56 Å². The van der Waals surface area contributed by atoms with Crippen LogP contribution in [-0.4, -0.2) is 5.11 Å². The van der Waals surface area contributed by atoms with Crippen LogP contribution in [0, 0.1) is 5.92 Å². The zero-order valence-corrected chi connectivity index (χ0v) is 11.0. The minimum Gasteiger partial charge on any atom is -0.392 e. The summed E-state index contributed by atoms with van der Waals surface area (Å²) in [4.78, 5) is 0. The van der Waals surface area contributed by atoms with Crippen LogP contribution in [0.15, 0.2) is 41.0 Å². The van der Waals surface area contributed by atoms with E-state index in [0.29, 0.717) is 5.92 Å². The molecular weight excluding hydrogens is 208 g/mol. The smallest absolute Gasteiger partial charge is 0.0687 e. The van der Waals surface area contributed by atoms with Gasteiger partial charge in [0.15, 0.2) is 0 Å². The molecule has 0 fully saturated rings. The Labute approximate surface area is 103 Å². The molecule has 1 aliphatic rings. The van der Waals surface area contributed by atoms with E-state index < -0.39 is 0 Å². The second-order valence-electron chi connectivity index (χ2n) is 4.88. The molecule has 0 bridgehead atoms. The molecule has 0 saturated carbocycles. The Morgan fingerprint density at radius 2 is 1.71 bits per heavy atom. The van der Waals surface area contributed by atoms with Gasteiger partial charge in [0, 0.05) is 5.92 Å². The van der Waals surface area contributed by atoms with E-state index in [1.165, 1.54) is 27.9 Å². The van der Waals surface area contributed by atoms with Crippen molar-refractivity contribution in [2.24, 2.45) is 5.92 Å². The van der Waals surface area contributed by atoms with Crippen molar-refractivity contribution in [1.29, 1.82) is 0 Å². The topological polar surface area (TPSA) is 20.2 Å². The van der Waals surface area contributed by atoms with Crippen molar-refractivity contribution in [3.8, 4) is 0 Å². The zero-order chi connectivity index (χ0) is 12.6. The third-order valence-corrected chi connectivity index (χ3v) is 4.12. The number of hydrogen-bond acceptors (Lipinski definition) is 1. The number of rotatable bonds is 2. The van der Waals surface area contributed by atoms with Crippen LogP contribution in [0.25, 0.3) is 5.57 Å². The van der Waals surface area contributed by atoms with Crippen LogP contribution in [0.4, 0.5) is 0 Å². The molecule has 0 heterocycles. The highest BCUT2D eigenvalue weighted by Crippen LogP contribution is 2.43. The Bertz CT molecular complexity index is 506. The molecule has 1 heteroatoms. The zero-order valence-electron chi connectivity index (χ0n) is 11.0. The van der Waals surface area contributed by atoms with Crippen molar-refractivity contribution in [3.05, 3.63) is 52.1 Å². The summed E-state index contributed by atoms with van der Waals surface area (Å²) in [5.74, 6) is 0.461. The van der Waals surface area contributed by atoms with Crippen molar-refractivity contribution in [3.63, 3.8) is 0 Å².